The number of hydrogen-bond donors (Lipinski definition) is 0. The molecule has 0 bridgehead atoms. The van der Waals surface area contributed by atoms with Gasteiger partial charge in [-0.25, -0.2) is 0 Å². The fraction of sp³-hybridized carbons (Fsp3) is 0.136. The summed E-state index contributed by atoms with van der Waals surface area (Å²) in [7, 11) is 0. The molecule has 0 radical (unpaired) electrons. The largest absolute Gasteiger partial charge is 0.481 e. The van der Waals surface area contributed by atoms with E-state index in [1.54, 1.807) is 18.4 Å². The van der Waals surface area contributed by atoms with Gasteiger partial charge >= 0.3 is 0 Å². The zero-order valence-corrected chi connectivity index (χ0v) is 14.6. The standard InChI is InChI=1S/C22H18O4/c1-14-11-15(2)20-17(12-14)19(23)22(21(26-20)18-9-6-10-24-18)25-13-16-7-4-3-5-8-16/h3-12H,13H2,1-2H3. The van der Waals surface area contributed by atoms with Crippen LogP contribution in [0.3, 0.4) is 0 Å². The van der Waals surface area contributed by atoms with Crippen molar-refractivity contribution in [2.75, 3.05) is 0 Å². The molecule has 0 aliphatic heterocycles. The lowest BCUT2D eigenvalue weighted by molar-refractivity contribution is 0.296. The van der Waals surface area contributed by atoms with E-state index in [0.717, 1.165) is 16.7 Å². The van der Waals surface area contributed by atoms with E-state index in [2.05, 4.69) is 0 Å². The minimum Gasteiger partial charge on any atom is -0.481 e. The van der Waals surface area contributed by atoms with Crippen LogP contribution in [-0.4, -0.2) is 0 Å². The molecule has 0 amide bonds. The maximum atomic E-state index is 13.1. The first-order chi connectivity index (χ1) is 12.6. The molecule has 0 saturated carbocycles. The second kappa shape index (κ2) is 6.56. The van der Waals surface area contributed by atoms with Crippen molar-refractivity contribution in [3.8, 4) is 17.3 Å². The number of benzene rings is 2. The van der Waals surface area contributed by atoms with Crippen molar-refractivity contribution < 1.29 is 13.6 Å². The van der Waals surface area contributed by atoms with Crippen LogP contribution in [0.25, 0.3) is 22.5 Å². The summed E-state index contributed by atoms with van der Waals surface area (Å²) in [6.45, 7) is 4.15. The molecule has 2 aromatic carbocycles. The molecule has 0 spiro atoms. The molecule has 2 heterocycles. The van der Waals surface area contributed by atoms with E-state index < -0.39 is 0 Å². The van der Waals surface area contributed by atoms with E-state index in [9.17, 15) is 4.79 Å². The Bertz CT molecular complexity index is 1110. The first-order valence-electron chi connectivity index (χ1n) is 8.42. The molecule has 0 aliphatic rings. The van der Waals surface area contributed by atoms with Crippen LogP contribution in [0, 0.1) is 13.8 Å². The van der Waals surface area contributed by atoms with E-state index in [1.165, 1.54) is 0 Å². The minimum atomic E-state index is -0.194. The summed E-state index contributed by atoms with van der Waals surface area (Å²) in [4.78, 5) is 13.1. The molecule has 4 rings (SSSR count). The van der Waals surface area contributed by atoms with Gasteiger partial charge in [0.15, 0.2) is 5.76 Å². The quantitative estimate of drug-likeness (QED) is 0.506. The lowest BCUT2D eigenvalue weighted by atomic mass is 10.1. The average Bonchev–Trinajstić information content (AvgIpc) is 3.17. The number of fused-ring (bicyclic) bond motifs is 1. The highest BCUT2D eigenvalue weighted by molar-refractivity contribution is 5.84. The molecular formula is C22H18O4. The van der Waals surface area contributed by atoms with Crippen LogP contribution >= 0.6 is 0 Å². The van der Waals surface area contributed by atoms with Gasteiger partial charge in [-0.3, -0.25) is 4.79 Å². The van der Waals surface area contributed by atoms with Crippen LogP contribution in [-0.2, 0) is 6.61 Å². The van der Waals surface area contributed by atoms with E-state index in [-0.39, 0.29) is 17.8 Å². The smallest absolute Gasteiger partial charge is 0.235 e. The molecule has 0 fully saturated rings. The van der Waals surface area contributed by atoms with E-state index in [0.29, 0.717) is 22.5 Å². The summed E-state index contributed by atoms with van der Waals surface area (Å²) in [6.07, 6.45) is 1.54. The van der Waals surface area contributed by atoms with Crippen molar-refractivity contribution in [2.24, 2.45) is 0 Å². The predicted octanol–water partition coefficient (Wildman–Crippen LogP) is 5.25. The Hall–Kier alpha value is -3.27. The van der Waals surface area contributed by atoms with Gasteiger partial charge in [-0.05, 0) is 48.7 Å². The number of rotatable bonds is 4. The summed E-state index contributed by atoms with van der Waals surface area (Å²) in [5, 5.41) is 0.515. The Labute approximate surface area is 150 Å². The number of hydrogen-bond acceptors (Lipinski definition) is 4. The maximum absolute atomic E-state index is 13.1. The van der Waals surface area contributed by atoms with E-state index in [4.69, 9.17) is 13.6 Å². The SMILES string of the molecule is Cc1cc(C)c2oc(-c3ccco3)c(OCc3ccccc3)c(=O)c2c1. The van der Waals surface area contributed by atoms with Crippen molar-refractivity contribution in [1.82, 2.24) is 0 Å². The highest BCUT2D eigenvalue weighted by Gasteiger charge is 2.20. The van der Waals surface area contributed by atoms with Crippen LogP contribution < -0.4 is 10.2 Å². The lowest BCUT2D eigenvalue weighted by Crippen LogP contribution is -2.10. The number of aryl methyl sites for hydroxylation is 2. The molecule has 4 nitrogen and oxygen atoms in total. The van der Waals surface area contributed by atoms with Crippen molar-refractivity contribution >= 4 is 11.0 Å². The Morgan fingerprint density at radius 3 is 2.54 bits per heavy atom. The normalized spacial score (nSPS) is 11.0. The highest BCUT2D eigenvalue weighted by atomic mass is 16.5. The fourth-order valence-electron chi connectivity index (χ4n) is 3.06. The molecule has 4 aromatic rings. The summed E-state index contributed by atoms with van der Waals surface area (Å²) >= 11 is 0. The molecule has 0 saturated heterocycles. The van der Waals surface area contributed by atoms with Crippen LogP contribution in [0.5, 0.6) is 5.75 Å². The zero-order valence-electron chi connectivity index (χ0n) is 14.6. The van der Waals surface area contributed by atoms with Crippen LogP contribution in [0.1, 0.15) is 16.7 Å². The third kappa shape index (κ3) is 2.90. The first-order valence-corrected chi connectivity index (χ1v) is 8.42. The van der Waals surface area contributed by atoms with Gasteiger partial charge in [0.05, 0.1) is 11.6 Å². The van der Waals surface area contributed by atoms with Gasteiger partial charge in [-0.2, -0.15) is 0 Å². The third-order valence-electron chi connectivity index (χ3n) is 4.25. The molecule has 0 N–H and O–H groups in total. The molecule has 0 atom stereocenters. The van der Waals surface area contributed by atoms with Crippen LogP contribution in [0.4, 0.5) is 0 Å². The van der Waals surface area contributed by atoms with Gasteiger partial charge in [0.2, 0.25) is 16.9 Å². The van der Waals surface area contributed by atoms with Gasteiger partial charge in [0, 0.05) is 0 Å². The number of furan rings is 1. The monoisotopic (exact) mass is 346 g/mol. The van der Waals surface area contributed by atoms with Gasteiger partial charge in [0.25, 0.3) is 0 Å². The summed E-state index contributed by atoms with van der Waals surface area (Å²) < 4.78 is 17.4. The second-order valence-corrected chi connectivity index (χ2v) is 6.30. The summed E-state index contributed by atoms with van der Waals surface area (Å²) in [5.74, 6) is 0.948. The van der Waals surface area contributed by atoms with Crippen molar-refractivity contribution in [3.63, 3.8) is 0 Å². The Kier molecular flexibility index (Phi) is 4.09. The first kappa shape index (κ1) is 16.2. The molecule has 26 heavy (non-hydrogen) atoms. The van der Waals surface area contributed by atoms with Crippen molar-refractivity contribution in [2.45, 2.75) is 20.5 Å². The van der Waals surface area contributed by atoms with Gasteiger partial charge in [0.1, 0.15) is 12.2 Å². The highest BCUT2D eigenvalue weighted by Crippen LogP contribution is 2.33. The topological polar surface area (TPSA) is 52.6 Å². The van der Waals surface area contributed by atoms with Crippen molar-refractivity contribution in [1.29, 1.82) is 0 Å². The molecule has 130 valence electrons. The Morgan fingerprint density at radius 2 is 1.81 bits per heavy atom. The summed E-state index contributed by atoms with van der Waals surface area (Å²) in [5.41, 5.74) is 3.24. The molecule has 0 aliphatic carbocycles. The average molecular weight is 346 g/mol. The maximum Gasteiger partial charge on any atom is 0.235 e. The molecule has 4 heteroatoms. The molecule has 0 unspecified atom stereocenters. The fourth-order valence-corrected chi connectivity index (χ4v) is 3.06. The number of ether oxygens (including phenoxy) is 1. The van der Waals surface area contributed by atoms with Crippen LogP contribution in [0.15, 0.2) is 74.5 Å². The Morgan fingerprint density at radius 1 is 1.00 bits per heavy atom. The third-order valence-corrected chi connectivity index (χ3v) is 4.25. The van der Waals surface area contributed by atoms with Gasteiger partial charge in [-0.1, -0.05) is 36.4 Å². The Balaban J connectivity index is 1.90. The lowest BCUT2D eigenvalue weighted by Gasteiger charge is -2.12. The summed E-state index contributed by atoms with van der Waals surface area (Å²) in [6, 6.07) is 17.0. The predicted molar refractivity (Wildman–Crippen MR) is 100 cm³/mol. The zero-order chi connectivity index (χ0) is 18.1. The minimum absolute atomic E-state index is 0.168. The molecular weight excluding hydrogens is 328 g/mol. The second-order valence-electron chi connectivity index (χ2n) is 6.30. The van der Waals surface area contributed by atoms with Gasteiger partial charge < -0.3 is 13.6 Å². The molecule has 2 aromatic heterocycles. The van der Waals surface area contributed by atoms with E-state index >= 15 is 0 Å². The van der Waals surface area contributed by atoms with E-state index in [1.807, 2.05) is 56.3 Å². The van der Waals surface area contributed by atoms with Crippen LogP contribution in [0.2, 0.25) is 0 Å². The van der Waals surface area contributed by atoms with Crippen molar-refractivity contribution in [3.05, 3.63) is 87.8 Å². The van der Waals surface area contributed by atoms with Gasteiger partial charge in [-0.15, -0.1) is 0 Å².